The fourth-order valence-corrected chi connectivity index (χ4v) is 3.09. The monoisotopic (exact) mass is 321 g/mol. The molecule has 4 aliphatic rings. The van der Waals surface area contributed by atoms with Gasteiger partial charge in [-0.3, -0.25) is 4.79 Å². The van der Waals surface area contributed by atoms with E-state index in [1.807, 2.05) is 31.1 Å². The number of nitrogens with zero attached hydrogens (tertiary/aromatic N) is 1. The first kappa shape index (κ1) is 16.3. The number of aromatic hydroxyl groups is 1. The first-order valence-electron chi connectivity index (χ1n) is 8.35. The maximum Gasteiger partial charge on any atom is 0.191 e. The zero-order chi connectivity index (χ0) is 17.1. The van der Waals surface area contributed by atoms with Gasteiger partial charge >= 0.3 is 0 Å². The third kappa shape index (κ3) is 3.51. The second-order valence-electron chi connectivity index (χ2n) is 6.57. The van der Waals surface area contributed by atoms with Gasteiger partial charge in [-0.15, -0.1) is 0 Å². The van der Waals surface area contributed by atoms with Crippen LogP contribution in [0.2, 0.25) is 0 Å². The number of hydrogen-bond acceptors (Lipinski definition) is 3. The lowest BCUT2D eigenvalue weighted by molar-refractivity contribution is 0.104. The number of aryl methyl sites for hydroxylation is 4. The summed E-state index contributed by atoms with van der Waals surface area (Å²) < 4.78 is 0. The van der Waals surface area contributed by atoms with Gasteiger partial charge in [0.1, 0.15) is 5.75 Å². The van der Waals surface area contributed by atoms with Gasteiger partial charge in [-0.1, -0.05) is 36.4 Å². The molecule has 0 radical (unpaired) electrons. The van der Waals surface area contributed by atoms with Gasteiger partial charge in [0.25, 0.3) is 0 Å². The molecular weight excluding hydrogens is 298 g/mol. The predicted molar refractivity (Wildman–Crippen MR) is 96.5 cm³/mol. The summed E-state index contributed by atoms with van der Waals surface area (Å²) in [4.78, 5) is 14.5. The van der Waals surface area contributed by atoms with Crippen LogP contribution in [0.25, 0.3) is 0 Å². The van der Waals surface area contributed by atoms with Gasteiger partial charge in [0.15, 0.2) is 5.78 Å². The van der Waals surface area contributed by atoms with Crippen LogP contribution in [0.3, 0.4) is 0 Å². The molecular formula is C21H23NO2. The summed E-state index contributed by atoms with van der Waals surface area (Å²) in [6.45, 7) is 0. The van der Waals surface area contributed by atoms with Crippen molar-refractivity contribution in [1.82, 2.24) is 4.90 Å². The average molecular weight is 321 g/mol. The molecule has 0 saturated heterocycles. The van der Waals surface area contributed by atoms with E-state index in [1.165, 1.54) is 17.2 Å². The SMILES string of the molecule is CN(C)/C=C/C(=O)c1c2ccc(c1O)CCc1ccc(cc1)CC2. The molecule has 0 atom stereocenters. The molecule has 2 aromatic carbocycles. The van der Waals surface area contributed by atoms with Gasteiger partial charge in [-0.2, -0.15) is 0 Å². The van der Waals surface area contributed by atoms with E-state index in [0.717, 1.165) is 36.8 Å². The highest BCUT2D eigenvalue weighted by Gasteiger charge is 2.18. The lowest BCUT2D eigenvalue weighted by Gasteiger charge is -2.15. The summed E-state index contributed by atoms with van der Waals surface area (Å²) in [7, 11) is 3.74. The number of phenolic OH excluding ortho intramolecular Hbond substituents is 1. The summed E-state index contributed by atoms with van der Waals surface area (Å²) in [5.74, 6) is 0.0138. The fraction of sp³-hybridized carbons (Fsp3) is 0.286. The number of allylic oxidation sites excluding steroid dienone is 1. The topological polar surface area (TPSA) is 40.5 Å². The highest BCUT2D eigenvalue weighted by atomic mass is 16.3. The Morgan fingerprint density at radius 3 is 2.04 bits per heavy atom. The minimum atomic E-state index is -0.135. The molecule has 0 unspecified atom stereocenters. The molecule has 0 fully saturated rings. The van der Waals surface area contributed by atoms with E-state index < -0.39 is 0 Å². The Bertz CT molecular complexity index is 773. The smallest absolute Gasteiger partial charge is 0.191 e. The van der Waals surface area contributed by atoms with E-state index in [4.69, 9.17) is 0 Å². The number of phenols is 1. The van der Waals surface area contributed by atoms with Gasteiger partial charge in [0.2, 0.25) is 0 Å². The van der Waals surface area contributed by atoms with Crippen molar-refractivity contribution in [3.05, 3.63) is 76.5 Å². The normalized spacial score (nSPS) is 13.8. The molecule has 0 heterocycles. The first-order chi connectivity index (χ1) is 11.5. The molecule has 4 bridgehead atoms. The molecule has 2 aromatic rings. The Balaban J connectivity index is 2.02. The van der Waals surface area contributed by atoms with Gasteiger partial charge in [-0.05, 0) is 47.9 Å². The highest BCUT2D eigenvalue weighted by molar-refractivity contribution is 6.07. The van der Waals surface area contributed by atoms with E-state index in [0.29, 0.717) is 5.56 Å². The zero-order valence-electron chi connectivity index (χ0n) is 14.2. The van der Waals surface area contributed by atoms with Crippen molar-refractivity contribution in [2.24, 2.45) is 0 Å². The maximum atomic E-state index is 12.6. The molecule has 6 rings (SSSR count). The lowest BCUT2D eigenvalue weighted by Crippen LogP contribution is -2.08. The Morgan fingerprint density at radius 2 is 1.46 bits per heavy atom. The van der Waals surface area contributed by atoms with Gasteiger partial charge in [0.05, 0.1) is 5.56 Å². The number of carbonyl (C=O) groups is 1. The quantitative estimate of drug-likeness (QED) is 0.694. The van der Waals surface area contributed by atoms with Crippen molar-refractivity contribution in [3.63, 3.8) is 0 Å². The molecule has 0 aliphatic heterocycles. The zero-order valence-corrected chi connectivity index (χ0v) is 14.2. The molecule has 4 aliphatic carbocycles. The molecule has 0 amide bonds. The minimum absolute atomic E-state index is 0.135. The van der Waals surface area contributed by atoms with Crippen LogP contribution in [-0.4, -0.2) is 29.9 Å². The lowest BCUT2D eigenvalue weighted by atomic mass is 9.90. The average Bonchev–Trinajstić information content (AvgIpc) is 2.56. The van der Waals surface area contributed by atoms with E-state index >= 15 is 0 Å². The summed E-state index contributed by atoms with van der Waals surface area (Å²) in [6.07, 6.45) is 6.43. The van der Waals surface area contributed by atoms with Crippen LogP contribution in [0.1, 0.15) is 32.6 Å². The summed E-state index contributed by atoms with van der Waals surface area (Å²) >= 11 is 0. The molecule has 0 aromatic heterocycles. The van der Waals surface area contributed by atoms with Gasteiger partial charge in [0, 0.05) is 26.4 Å². The van der Waals surface area contributed by atoms with Crippen LogP contribution in [0.4, 0.5) is 0 Å². The van der Waals surface area contributed by atoms with Gasteiger partial charge < -0.3 is 10.0 Å². The Kier molecular flexibility index (Phi) is 4.70. The molecule has 1 N–H and O–H groups in total. The highest BCUT2D eigenvalue weighted by Crippen LogP contribution is 2.30. The van der Waals surface area contributed by atoms with Crippen LogP contribution in [-0.2, 0) is 25.7 Å². The standard InChI is InChI=1S/C21H23NO2/c1-22(2)14-13-19(23)20-17-9-7-15-3-5-16(6-4-15)8-10-18(12-11-17)21(20)24/h3-6,11-14,24H,7-10H2,1-2H3/b14-13+. The van der Waals surface area contributed by atoms with E-state index in [1.54, 1.807) is 6.20 Å². The van der Waals surface area contributed by atoms with Crippen LogP contribution < -0.4 is 0 Å². The molecule has 3 heteroatoms. The number of carbonyl (C=O) groups excluding carboxylic acids is 1. The minimum Gasteiger partial charge on any atom is -0.507 e. The second kappa shape index (κ2) is 6.91. The first-order valence-corrected chi connectivity index (χ1v) is 8.35. The van der Waals surface area contributed by atoms with Crippen LogP contribution in [0.15, 0.2) is 48.7 Å². The number of benzene rings is 2. The van der Waals surface area contributed by atoms with Crippen molar-refractivity contribution < 1.29 is 9.90 Å². The molecule has 24 heavy (non-hydrogen) atoms. The van der Waals surface area contributed by atoms with Gasteiger partial charge in [-0.25, -0.2) is 0 Å². The molecule has 0 saturated carbocycles. The van der Waals surface area contributed by atoms with Crippen LogP contribution >= 0.6 is 0 Å². The van der Waals surface area contributed by atoms with Crippen molar-refractivity contribution >= 4 is 5.78 Å². The Labute approximate surface area is 143 Å². The van der Waals surface area contributed by atoms with Crippen molar-refractivity contribution in [2.45, 2.75) is 25.7 Å². The summed E-state index contributed by atoms with van der Waals surface area (Å²) in [5.41, 5.74) is 4.72. The Morgan fingerprint density at radius 1 is 0.917 bits per heavy atom. The molecule has 3 nitrogen and oxygen atoms in total. The fourth-order valence-electron chi connectivity index (χ4n) is 3.09. The van der Waals surface area contributed by atoms with Crippen LogP contribution in [0.5, 0.6) is 5.75 Å². The summed E-state index contributed by atoms with van der Waals surface area (Å²) in [5, 5.41) is 10.7. The van der Waals surface area contributed by atoms with E-state index in [-0.39, 0.29) is 11.5 Å². The Hall–Kier alpha value is -2.55. The summed E-state index contributed by atoms with van der Waals surface area (Å²) in [6, 6.07) is 12.6. The van der Waals surface area contributed by atoms with Crippen molar-refractivity contribution in [1.29, 1.82) is 0 Å². The third-order valence-electron chi connectivity index (χ3n) is 4.51. The van der Waals surface area contributed by atoms with E-state index in [2.05, 4.69) is 24.3 Å². The second-order valence-corrected chi connectivity index (χ2v) is 6.57. The van der Waals surface area contributed by atoms with Crippen molar-refractivity contribution in [2.75, 3.05) is 14.1 Å². The predicted octanol–water partition coefficient (Wildman–Crippen LogP) is 3.53. The van der Waals surface area contributed by atoms with E-state index in [9.17, 15) is 9.90 Å². The number of ketones is 1. The van der Waals surface area contributed by atoms with Crippen molar-refractivity contribution in [3.8, 4) is 5.75 Å². The third-order valence-corrected chi connectivity index (χ3v) is 4.51. The number of rotatable bonds is 3. The number of hydrogen-bond donors (Lipinski definition) is 1. The van der Waals surface area contributed by atoms with Crippen LogP contribution in [0, 0.1) is 0 Å². The molecule has 124 valence electrons. The largest absolute Gasteiger partial charge is 0.507 e. The molecule has 0 spiro atoms. The maximum absolute atomic E-state index is 12.6.